The molecule has 2 heterocycles. The maximum Gasteiger partial charge on any atom is 0.321 e. The molecule has 0 aliphatic heterocycles. The topological polar surface area (TPSA) is 90.0 Å². The van der Waals surface area contributed by atoms with Gasteiger partial charge in [-0.15, -0.1) is 0 Å². The van der Waals surface area contributed by atoms with Crippen molar-refractivity contribution in [2.75, 3.05) is 23.9 Å². The summed E-state index contributed by atoms with van der Waals surface area (Å²) in [6.45, 7) is 2.20. The van der Waals surface area contributed by atoms with Crippen LogP contribution in [-0.4, -0.2) is 39.1 Å². The smallest absolute Gasteiger partial charge is 0.321 e. The van der Waals surface area contributed by atoms with Crippen LogP contribution in [0.15, 0.2) is 24.5 Å². The van der Waals surface area contributed by atoms with E-state index in [0.29, 0.717) is 17.4 Å². The Morgan fingerprint density at radius 2 is 2.13 bits per heavy atom. The van der Waals surface area contributed by atoms with Crippen molar-refractivity contribution in [3.8, 4) is 11.8 Å². The van der Waals surface area contributed by atoms with Gasteiger partial charge in [0.05, 0.1) is 18.5 Å². The third-order valence-electron chi connectivity index (χ3n) is 2.69. The molecule has 0 aliphatic carbocycles. The molecule has 1 atom stereocenters. The molecule has 2 rings (SSSR count). The fraction of sp³-hybridized carbons (Fsp3) is 0.267. The highest BCUT2D eigenvalue weighted by molar-refractivity contribution is 7.90. The fourth-order valence-corrected chi connectivity index (χ4v) is 2.78. The fourth-order valence-electron chi connectivity index (χ4n) is 1.58. The van der Waals surface area contributed by atoms with Gasteiger partial charge in [0.2, 0.25) is 0 Å². The lowest BCUT2D eigenvalue weighted by Crippen LogP contribution is -2.32. The van der Waals surface area contributed by atoms with Crippen molar-refractivity contribution in [3.05, 3.63) is 40.7 Å². The minimum atomic E-state index is -0.927. The molecule has 0 aromatic carbocycles. The van der Waals surface area contributed by atoms with Crippen molar-refractivity contribution in [1.29, 1.82) is 0 Å². The number of rotatable bonds is 4. The van der Waals surface area contributed by atoms with Gasteiger partial charge in [0.25, 0.3) is 0 Å². The van der Waals surface area contributed by atoms with Crippen LogP contribution in [0.1, 0.15) is 16.1 Å². The molecule has 0 spiro atoms. The third-order valence-corrected chi connectivity index (χ3v) is 4.46. The summed E-state index contributed by atoms with van der Waals surface area (Å²) in [6, 6.07) is 3.29. The number of hydrogen-bond acceptors (Lipinski definition) is 5. The number of nitrogens with one attached hydrogen (secondary N) is 2. The van der Waals surface area contributed by atoms with Crippen LogP contribution in [0.3, 0.4) is 0 Å². The van der Waals surface area contributed by atoms with Gasteiger partial charge in [-0.2, -0.15) is 0 Å². The number of carbonyl (C=O) groups is 1. The monoisotopic (exact) mass is 348 g/mol. The first kappa shape index (κ1) is 17.3. The van der Waals surface area contributed by atoms with Crippen LogP contribution in [0.2, 0.25) is 0 Å². The summed E-state index contributed by atoms with van der Waals surface area (Å²) in [4.78, 5) is 20.7. The van der Waals surface area contributed by atoms with Crippen LogP contribution in [0.25, 0.3) is 0 Å². The van der Waals surface area contributed by atoms with Crippen LogP contribution in [0.5, 0.6) is 0 Å². The predicted molar refractivity (Wildman–Crippen MR) is 93.0 cm³/mol. The Kier molecular flexibility index (Phi) is 6.40. The molecule has 23 heavy (non-hydrogen) atoms. The summed E-state index contributed by atoms with van der Waals surface area (Å²) in [5.74, 6) is 6.50. The molecular formula is C15H16N4O2S2. The van der Waals surface area contributed by atoms with E-state index in [2.05, 4.69) is 32.4 Å². The number of aryl methyl sites for hydroxylation is 1. The van der Waals surface area contributed by atoms with Crippen molar-refractivity contribution in [2.24, 2.45) is 0 Å². The van der Waals surface area contributed by atoms with E-state index < -0.39 is 11.2 Å². The van der Waals surface area contributed by atoms with Gasteiger partial charge in [-0.05, 0) is 25.0 Å². The number of aromatic nitrogens is 2. The highest BCUT2D eigenvalue weighted by Crippen LogP contribution is 2.21. The predicted octanol–water partition coefficient (Wildman–Crippen LogP) is 1.75. The summed E-state index contributed by atoms with van der Waals surface area (Å²) in [6.07, 6.45) is 4.96. The molecule has 0 aliphatic rings. The highest BCUT2D eigenvalue weighted by Gasteiger charge is 2.09. The molecule has 2 amide bonds. The van der Waals surface area contributed by atoms with Crippen LogP contribution >= 0.6 is 11.3 Å². The Hall–Kier alpha value is -2.08. The second-order valence-corrected chi connectivity index (χ2v) is 7.13. The summed E-state index contributed by atoms with van der Waals surface area (Å²) >= 11 is 0.387. The molecule has 1 unspecified atom stereocenters. The summed E-state index contributed by atoms with van der Waals surface area (Å²) < 4.78 is 10.9. The van der Waals surface area contributed by atoms with Gasteiger partial charge in [0, 0.05) is 18.0 Å². The third kappa shape index (κ3) is 5.90. The number of thiazole rings is 1. The summed E-state index contributed by atoms with van der Waals surface area (Å²) in [5.41, 5.74) is 1.63. The van der Waals surface area contributed by atoms with Gasteiger partial charge < -0.3 is 9.87 Å². The van der Waals surface area contributed by atoms with Crippen LogP contribution in [0, 0.1) is 18.8 Å². The van der Waals surface area contributed by atoms with Crippen molar-refractivity contribution in [1.82, 2.24) is 15.3 Å². The molecule has 0 saturated carbocycles. The Labute approximate surface area is 141 Å². The zero-order chi connectivity index (χ0) is 16.7. The molecule has 2 aromatic rings. The van der Waals surface area contributed by atoms with Gasteiger partial charge in [-0.25, -0.2) is 9.78 Å². The molecule has 6 nitrogen and oxygen atoms in total. The average molecular weight is 348 g/mol. The standard InChI is InChI=1S/C15H16N4O2S2/c1-11-13(4-3-12-5-7-16-8-6-12)22-15(18-11)19-14(20)17-9-10-23(2)21/h5-8H,9-10H2,1-2H3,(H2,17,18,19,20). The second kappa shape index (κ2) is 8.53. The number of pyridine rings is 1. The van der Waals surface area contributed by atoms with E-state index in [1.54, 1.807) is 18.6 Å². The molecule has 0 bridgehead atoms. The Morgan fingerprint density at radius 3 is 2.83 bits per heavy atom. The van der Waals surface area contributed by atoms with E-state index in [1.165, 1.54) is 11.3 Å². The number of carbonyl (C=O) groups excluding carboxylic acids is 1. The quantitative estimate of drug-likeness (QED) is 0.650. The Bertz CT molecular complexity index is 720. The first-order chi connectivity index (χ1) is 11.0. The minimum Gasteiger partial charge on any atom is -0.617 e. The van der Waals surface area contributed by atoms with E-state index >= 15 is 0 Å². The Morgan fingerprint density at radius 1 is 1.39 bits per heavy atom. The molecule has 0 radical (unpaired) electrons. The number of anilines is 1. The molecule has 8 heteroatoms. The lowest BCUT2D eigenvalue weighted by molar-refractivity contribution is 0.252. The zero-order valence-electron chi connectivity index (χ0n) is 12.8. The zero-order valence-corrected chi connectivity index (χ0v) is 14.4. The Balaban J connectivity index is 1.96. The molecule has 0 saturated heterocycles. The maximum atomic E-state index is 11.7. The van der Waals surface area contributed by atoms with Crippen LogP contribution in [0.4, 0.5) is 9.93 Å². The van der Waals surface area contributed by atoms with Crippen molar-refractivity contribution >= 4 is 33.7 Å². The van der Waals surface area contributed by atoms with E-state index in [0.717, 1.165) is 16.1 Å². The van der Waals surface area contributed by atoms with Crippen molar-refractivity contribution < 1.29 is 9.35 Å². The van der Waals surface area contributed by atoms with Gasteiger partial charge in [-0.1, -0.05) is 28.4 Å². The highest BCUT2D eigenvalue weighted by atomic mass is 32.2. The van der Waals surface area contributed by atoms with Crippen molar-refractivity contribution in [3.63, 3.8) is 0 Å². The lowest BCUT2D eigenvalue weighted by atomic mass is 10.2. The van der Waals surface area contributed by atoms with E-state index in [9.17, 15) is 9.35 Å². The SMILES string of the molecule is Cc1nc(NC(=O)NCC[S+](C)[O-])sc1C#Cc1ccncc1. The molecular weight excluding hydrogens is 332 g/mol. The first-order valence-corrected chi connectivity index (χ1v) is 9.33. The number of nitrogens with zero attached hydrogens (tertiary/aromatic N) is 2. The molecule has 120 valence electrons. The summed E-state index contributed by atoms with van der Waals surface area (Å²) in [7, 11) is 0. The minimum absolute atomic E-state index is 0.355. The molecule has 2 N–H and O–H groups in total. The second-order valence-electron chi connectivity index (χ2n) is 4.58. The van der Waals surface area contributed by atoms with Gasteiger partial charge >= 0.3 is 6.03 Å². The van der Waals surface area contributed by atoms with Crippen LogP contribution in [-0.2, 0) is 11.2 Å². The summed E-state index contributed by atoms with van der Waals surface area (Å²) in [5, 5.41) is 5.77. The van der Waals surface area contributed by atoms with Crippen molar-refractivity contribution in [2.45, 2.75) is 6.92 Å². The molecule has 0 fully saturated rings. The van der Waals surface area contributed by atoms with Gasteiger partial charge in [0.15, 0.2) is 5.13 Å². The molecule has 2 aromatic heterocycles. The van der Waals surface area contributed by atoms with E-state index in [4.69, 9.17) is 0 Å². The number of urea groups is 1. The van der Waals surface area contributed by atoms with E-state index in [1.807, 2.05) is 19.1 Å². The lowest BCUT2D eigenvalue weighted by Gasteiger charge is -2.06. The number of hydrogen-bond donors (Lipinski definition) is 2. The van der Waals surface area contributed by atoms with Gasteiger partial charge in [0.1, 0.15) is 10.6 Å². The normalized spacial score (nSPS) is 11.3. The average Bonchev–Trinajstić information content (AvgIpc) is 2.85. The van der Waals surface area contributed by atoms with E-state index in [-0.39, 0.29) is 6.03 Å². The first-order valence-electron chi connectivity index (χ1n) is 6.79. The maximum absolute atomic E-state index is 11.7. The number of amides is 2. The largest absolute Gasteiger partial charge is 0.617 e. The van der Waals surface area contributed by atoms with Crippen LogP contribution < -0.4 is 10.6 Å². The van der Waals surface area contributed by atoms with Gasteiger partial charge in [-0.3, -0.25) is 10.3 Å².